The fourth-order valence-corrected chi connectivity index (χ4v) is 18.2. The van der Waals surface area contributed by atoms with Crippen LogP contribution in [0.4, 0.5) is 47.3 Å². The van der Waals surface area contributed by atoms with Crippen LogP contribution >= 0.6 is 0 Å². The minimum Gasteiger partial charge on any atom is -0.460 e. The first-order valence-corrected chi connectivity index (χ1v) is 40.7. The van der Waals surface area contributed by atoms with Crippen LogP contribution in [-0.4, -0.2) is 144 Å². The van der Waals surface area contributed by atoms with Crippen molar-refractivity contribution < 1.29 is 110 Å². The Kier molecular flexibility index (Phi) is 25.6. The molecule has 0 radical (unpaired) electrons. The molecule has 0 aromatic heterocycles. The minimum absolute atomic E-state index is 0.103. The predicted octanol–water partition coefficient (Wildman–Crippen LogP) is 13.1. The Labute approximate surface area is 638 Å². The molecule has 0 spiro atoms. The van der Waals surface area contributed by atoms with Crippen LogP contribution in [0.5, 0.6) is 0 Å². The van der Waals surface area contributed by atoms with E-state index in [4.69, 9.17) is 18.9 Å². The summed E-state index contributed by atoms with van der Waals surface area (Å²) in [4.78, 5) is 141. The standard InChI is InChI=1S/2C39H52F3N3O9S/c2*1-23-11-7-8-12-25-20-38(25,34(49)44-55(51,52)37(6)15-16-37)21-31(46)30-18-26(53-35(50)43-29-14-10-9-13-28(29)39(40,41)42)22-45(30)33(48)27(24(2)17-23)19-32(47)54-36(3,4)5/h2*8-10,12-14,23-27,30H,7,11,15-22H2,1-6H3,(H,43,50)(H,44,49)/b2*12-8-/t23-,24+,25+,26+,27-,30-,38+;23-,24-,25-,26-,27+,30+,38-/m01/s1. The molecule has 24 nitrogen and oxygen atoms in total. The number of sulfonamides is 2. The molecule has 4 N–H and O–H groups in total. The number of allylic oxidation sites excluding steroid dienone is 4. The summed E-state index contributed by atoms with van der Waals surface area (Å²) in [5, 5.41) is 4.25. The molecular formula is C78H104F6N6O18S2. The number of para-hydroxylation sites is 2. The van der Waals surface area contributed by atoms with E-state index in [9.17, 15) is 91.1 Å². The van der Waals surface area contributed by atoms with E-state index in [1.807, 2.05) is 52.0 Å². The Hall–Kier alpha value is -7.90. The van der Waals surface area contributed by atoms with Gasteiger partial charge >= 0.3 is 36.5 Å². The molecule has 608 valence electrons. The van der Waals surface area contributed by atoms with Crippen molar-refractivity contribution in [3.8, 4) is 0 Å². The molecule has 2 aromatic rings. The number of halogens is 6. The second kappa shape index (κ2) is 32.7. The van der Waals surface area contributed by atoms with Gasteiger partial charge in [-0.15, -0.1) is 0 Å². The van der Waals surface area contributed by atoms with Crippen LogP contribution in [0.3, 0.4) is 0 Å². The fraction of sp³-hybridized carbons (Fsp3) is 0.667. The molecule has 6 fully saturated rings. The second-order valence-corrected chi connectivity index (χ2v) is 38.7. The zero-order valence-corrected chi connectivity index (χ0v) is 66.0. The van der Waals surface area contributed by atoms with Crippen molar-refractivity contribution in [2.75, 3.05) is 23.7 Å². The average Bonchev–Trinajstić information content (AvgIpc) is 1.57. The minimum atomic E-state index is -4.77. The van der Waals surface area contributed by atoms with E-state index >= 15 is 0 Å². The van der Waals surface area contributed by atoms with Crippen LogP contribution in [0, 0.1) is 58.2 Å². The maximum Gasteiger partial charge on any atom is 0.418 e. The van der Waals surface area contributed by atoms with Gasteiger partial charge in [-0.05, 0) is 192 Å². The van der Waals surface area contributed by atoms with E-state index in [0.29, 0.717) is 51.4 Å². The molecule has 4 saturated carbocycles. The Morgan fingerprint density at radius 2 is 0.855 bits per heavy atom. The number of rotatable bonds is 14. The molecule has 4 heterocycles. The van der Waals surface area contributed by atoms with Gasteiger partial charge < -0.3 is 28.7 Å². The fourth-order valence-electron chi connectivity index (χ4n) is 15.6. The van der Waals surface area contributed by atoms with Gasteiger partial charge in [-0.3, -0.25) is 58.4 Å². The third-order valence-electron chi connectivity index (χ3n) is 22.7. The van der Waals surface area contributed by atoms with Crippen molar-refractivity contribution in [1.82, 2.24) is 19.2 Å². The highest BCUT2D eigenvalue weighted by molar-refractivity contribution is 7.92. The van der Waals surface area contributed by atoms with Crippen molar-refractivity contribution in [2.24, 2.45) is 58.2 Å². The van der Waals surface area contributed by atoms with Gasteiger partial charge in [-0.2, -0.15) is 26.3 Å². The number of nitrogens with zero attached hydrogens (tertiary/aromatic N) is 2. The largest absolute Gasteiger partial charge is 0.460 e. The molecular weight excluding hydrogens is 1490 g/mol. The molecule has 8 aliphatic rings. The Morgan fingerprint density at radius 3 is 1.17 bits per heavy atom. The molecule has 32 heteroatoms. The monoisotopic (exact) mass is 1590 g/mol. The molecule has 4 aliphatic carbocycles. The number of anilines is 2. The van der Waals surface area contributed by atoms with Gasteiger partial charge in [0.25, 0.3) is 0 Å². The number of nitrogens with one attached hydrogen (secondary N) is 4. The third kappa shape index (κ3) is 21.1. The maximum atomic E-state index is 14.6. The van der Waals surface area contributed by atoms with Gasteiger partial charge in [0.15, 0.2) is 11.6 Å². The van der Waals surface area contributed by atoms with Crippen LogP contribution in [-0.2, 0) is 89.7 Å². The lowest BCUT2D eigenvalue weighted by Crippen LogP contribution is -2.48. The molecule has 14 atom stereocenters. The summed E-state index contributed by atoms with van der Waals surface area (Å²) in [6.45, 7) is 20.4. The summed E-state index contributed by atoms with van der Waals surface area (Å²) in [7, 11) is -8.08. The highest BCUT2D eigenvalue weighted by Gasteiger charge is 2.65. The Morgan fingerprint density at radius 1 is 0.518 bits per heavy atom. The van der Waals surface area contributed by atoms with Gasteiger partial charge in [0, 0.05) is 25.7 Å². The first-order valence-electron chi connectivity index (χ1n) is 37.7. The van der Waals surface area contributed by atoms with Crippen LogP contribution in [0.15, 0.2) is 72.8 Å². The van der Waals surface area contributed by atoms with Gasteiger partial charge in [0.1, 0.15) is 23.4 Å². The Balaban J connectivity index is 0.000000253. The molecule has 0 unspecified atom stereocenters. The number of carbonyl (C=O) groups is 10. The number of hydrogen-bond donors (Lipinski definition) is 4. The number of Topliss-reactive ketones (excluding diaryl/α,β-unsaturated/α-hetero) is 2. The summed E-state index contributed by atoms with van der Waals surface area (Å²) in [5.41, 5.74) is -7.79. The predicted molar refractivity (Wildman–Crippen MR) is 391 cm³/mol. The summed E-state index contributed by atoms with van der Waals surface area (Å²) in [6.07, 6.45) is -2.94. The first kappa shape index (κ1) is 86.1. The van der Waals surface area contributed by atoms with Gasteiger partial charge in [0.2, 0.25) is 43.7 Å². The molecule has 0 bridgehead atoms. The van der Waals surface area contributed by atoms with Crippen LogP contribution in [0.25, 0.3) is 0 Å². The van der Waals surface area contributed by atoms with Crippen LogP contribution in [0.1, 0.15) is 210 Å². The number of fused-ring (bicyclic) bond motifs is 4. The van der Waals surface area contributed by atoms with Gasteiger partial charge in [-0.1, -0.05) is 76.3 Å². The van der Waals surface area contributed by atoms with E-state index in [1.54, 1.807) is 55.4 Å². The lowest BCUT2D eigenvalue weighted by Gasteiger charge is -2.32. The molecule has 2 aromatic carbocycles. The molecule has 6 amide bonds. The van der Waals surface area contributed by atoms with Crippen molar-refractivity contribution in [3.63, 3.8) is 0 Å². The third-order valence-corrected chi connectivity index (χ3v) is 27.0. The van der Waals surface area contributed by atoms with Crippen molar-refractivity contribution in [1.29, 1.82) is 0 Å². The topological polar surface area (TPSA) is 330 Å². The number of esters is 2. The summed E-state index contributed by atoms with van der Waals surface area (Å²) < 4.78 is 159. The van der Waals surface area contributed by atoms with Crippen molar-refractivity contribution in [2.45, 2.75) is 256 Å². The normalized spacial score (nSPS) is 30.5. The van der Waals surface area contributed by atoms with E-state index in [-0.39, 0.29) is 75.3 Å². The summed E-state index contributed by atoms with van der Waals surface area (Å²) in [6, 6.07) is 6.18. The zero-order valence-electron chi connectivity index (χ0n) is 64.3. The number of ketones is 2. The summed E-state index contributed by atoms with van der Waals surface area (Å²) in [5.74, 6) is -8.44. The lowest BCUT2D eigenvalue weighted by molar-refractivity contribution is -0.160. The zero-order chi connectivity index (χ0) is 81.5. The quantitative estimate of drug-likeness (QED) is 0.0591. The Bertz CT molecular complexity index is 3900. The number of alkyl halides is 6. The molecule has 10 rings (SSSR count). The highest BCUT2D eigenvalue weighted by Crippen LogP contribution is 2.59. The number of ether oxygens (including phenoxy) is 4. The van der Waals surface area contributed by atoms with E-state index in [2.05, 4.69) is 20.1 Å². The SMILES string of the molecule is C[C@@H]1CC/C=C\[C@@H]2C[C@@]2(C(=O)NS(=O)(=O)C2(C)CC2)CC(=O)[C@@H]2C[C@@H](OC(=O)Nc3ccccc3C(F)(F)F)CN2C(=O)[C@@H](CC(=O)OC(C)(C)C)[C@H](C)C1.C[C@H]1CC/C=C\[C@@H]2C[C@@]2(C(=O)NS(=O)(=O)C2(C)CC2)CC(=O)[C@@H]2C[C@@H](OC(=O)Nc3ccccc3C(F)(F)F)CN2C(=O)[C@@H](CC(=O)OC(C)(C)C)[C@H](C)C1. The van der Waals surface area contributed by atoms with E-state index < -0.39 is 207 Å². The first-order chi connectivity index (χ1) is 50.9. The summed E-state index contributed by atoms with van der Waals surface area (Å²) >= 11 is 0. The molecule has 4 aliphatic heterocycles. The average molecular weight is 1590 g/mol. The highest BCUT2D eigenvalue weighted by atomic mass is 32.2. The number of benzene rings is 2. The van der Waals surface area contributed by atoms with E-state index in [1.165, 1.54) is 34.1 Å². The van der Waals surface area contributed by atoms with Gasteiger partial charge in [0.05, 0.1) is 92.7 Å². The number of hydrogen-bond acceptors (Lipinski definition) is 18. The van der Waals surface area contributed by atoms with Crippen LogP contribution < -0.4 is 20.1 Å². The maximum absolute atomic E-state index is 14.6. The number of carbonyl (C=O) groups excluding carboxylic acids is 10. The molecule has 2 saturated heterocycles. The number of amides is 6. The van der Waals surface area contributed by atoms with Crippen molar-refractivity contribution >= 4 is 90.7 Å². The van der Waals surface area contributed by atoms with Crippen LogP contribution in [0.2, 0.25) is 0 Å². The van der Waals surface area contributed by atoms with E-state index in [0.717, 1.165) is 37.1 Å². The van der Waals surface area contributed by atoms with Crippen molar-refractivity contribution in [3.05, 3.63) is 84.0 Å². The molecule has 110 heavy (non-hydrogen) atoms. The lowest BCUT2D eigenvalue weighted by atomic mass is 9.82. The smallest absolute Gasteiger partial charge is 0.418 e. The van der Waals surface area contributed by atoms with Gasteiger partial charge in [-0.25, -0.2) is 26.4 Å². The second-order valence-electron chi connectivity index (χ2n) is 34.3.